The van der Waals surface area contributed by atoms with Crippen molar-refractivity contribution in [3.63, 3.8) is 0 Å². The highest BCUT2D eigenvalue weighted by atomic mass is 16.5. The Morgan fingerprint density at radius 1 is 1.14 bits per heavy atom. The summed E-state index contributed by atoms with van der Waals surface area (Å²) in [6, 6.07) is 8.59. The van der Waals surface area contributed by atoms with E-state index in [0.29, 0.717) is 12.5 Å². The van der Waals surface area contributed by atoms with Crippen LogP contribution in [0.25, 0.3) is 0 Å². The molecular formula is C22H35N5O. The van der Waals surface area contributed by atoms with E-state index in [9.17, 15) is 0 Å². The molecular weight excluding hydrogens is 350 g/mol. The first-order chi connectivity index (χ1) is 13.6. The van der Waals surface area contributed by atoms with Gasteiger partial charge < -0.3 is 19.9 Å². The van der Waals surface area contributed by atoms with E-state index in [0.717, 1.165) is 38.6 Å². The molecule has 2 N–H and O–H groups in total. The number of hydrogen-bond acceptors (Lipinski definition) is 3. The highest BCUT2D eigenvalue weighted by molar-refractivity contribution is 5.79. The Morgan fingerprint density at radius 3 is 2.50 bits per heavy atom. The average molecular weight is 386 g/mol. The fourth-order valence-corrected chi connectivity index (χ4v) is 3.01. The van der Waals surface area contributed by atoms with E-state index in [1.54, 1.807) is 6.20 Å². The molecule has 1 aromatic carbocycles. The van der Waals surface area contributed by atoms with Gasteiger partial charge in [0.25, 0.3) is 0 Å². The van der Waals surface area contributed by atoms with Gasteiger partial charge >= 0.3 is 0 Å². The summed E-state index contributed by atoms with van der Waals surface area (Å²) in [5, 5.41) is 6.74. The van der Waals surface area contributed by atoms with Crippen LogP contribution in [-0.2, 0) is 17.8 Å². The van der Waals surface area contributed by atoms with Crippen molar-refractivity contribution < 1.29 is 4.74 Å². The lowest BCUT2D eigenvalue weighted by Crippen LogP contribution is -2.39. The molecule has 1 heterocycles. The van der Waals surface area contributed by atoms with Crippen LogP contribution in [0, 0.1) is 5.92 Å². The van der Waals surface area contributed by atoms with Gasteiger partial charge in [-0.25, -0.2) is 9.98 Å². The van der Waals surface area contributed by atoms with Crippen molar-refractivity contribution in [1.29, 1.82) is 0 Å². The first kappa shape index (κ1) is 22.0. The van der Waals surface area contributed by atoms with E-state index in [1.165, 1.54) is 11.1 Å². The van der Waals surface area contributed by atoms with Crippen molar-refractivity contribution in [2.75, 3.05) is 19.7 Å². The van der Waals surface area contributed by atoms with Gasteiger partial charge in [-0.1, -0.05) is 38.1 Å². The molecule has 2 rings (SSSR count). The summed E-state index contributed by atoms with van der Waals surface area (Å²) in [7, 11) is 0. The molecule has 1 atom stereocenters. The van der Waals surface area contributed by atoms with E-state index < -0.39 is 0 Å². The van der Waals surface area contributed by atoms with Crippen LogP contribution in [0.4, 0.5) is 0 Å². The molecule has 0 fully saturated rings. The van der Waals surface area contributed by atoms with Crippen LogP contribution in [0.2, 0.25) is 0 Å². The number of ether oxygens (including phenoxy) is 1. The molecule has 1 aromatic heterocycles. The van der Waals surface area contributed by atoms with Crippen molar-refractivity contribution in [1.82, 2.24) is 20.2 Å². The zero-order chi connectivity index (χ0) is 20.2. The van der Waals surface area contributed by atoms with E-state index in [-0.39, 0.29) is 6.10 Å². The molecule has 0 aliphatic heterocycles. The number of imidazole rings is 1. The number of aliphatic imine (C=N–C) groups is 1. The molecule has 0 amide bonds. The van der Waals surface area contributed by atoms with Gasteiger partial charge in [0, 0.05) is 38.6 Å². The molecule has 6 heteroatoms. The zero-order valence-electron chi connectivity index (χ0n) is 17.7. The van der Waals surface area contributed by atoms with E-state index in [1.807, 2.05) is 12.5 Å². The predicted octanol–water partition coefficient (Wildman–Crippen LogP) is 3.44. The predicted molar refractivity (Wildman–Crippen MR) is 115 cm³/mol. The molecule has 0 radical (unpaired) electrons. The average Bonchev–Trinajstić information content (AvgIpc) is 3.19. The normalized spacial score (nSPS) is 13.0. The lowest BCUT2D eigenvalue weighted by Gasteiger charge is -2.21. The van der Waals surface area contributed by atoms with Gasteiger partial charge in [-0.2, -0.15) is 0 Å². The Hall–Kier alpha value is -2.34. The van der Waals surface area contributed by atoms with Gasteiger partial charge in [0.1, 0.15) is 0 Å². The minimum absolute atomic E-state index is 0.281. The maximum absolute atomic E-state index is 5.82. The molecule has 0 spiro atoms. The molecule has 2 aromatic rings. The van der Waals surface area contributed by atoms with Crippen LogP contribution in [0.15, 0.2) is 48.0 Å². The monoisotopic (exact) mass is 385 g/mol. The minimum Gasteiger partial charge on any atom is -0.378 e. The first-order valence-corrected chi connectivity index (χ1v) is 10.3. The van der Waals surface area contributed by atoms with Gasteiger partial charge in [0.2, 0.25) is 0 Å². The quantitative estimate of drug-likeness (QED) is 0.459. The summed E-state index contributed by atoms with van der Waals surface area (Å²) < 4.78 is 7.88. The Bertz CT molecular complexity index is 679. The topological polar surface area (TPSA) is 63.5 Å². The first-order valence-electron chi connectivity index (χ1n) is 10.3. The van der Waals surface area contributed by atoms with Crippen molar-refractivity contribution in [3.05, 3.63) is 54.1 Å². The van der Waals surface area contributed by atoms with Crippen LogP contribution in [0.5, 0.6) is 0 Å². The number of nitrogens with one attached hydrogen (secondary N) is 2. The largest absolute Gasteiger partial charge is 0.378 e. The second kappa shape index (κ2) is 12.2. The van der Waals surface area contributed by atoms with Gasteiger partial charge in [0.05, 0.1) is 19.0 Å². The van der Waals surface area contributed by atoms with Crippen LogP contribution < -0.4 is 10.6 Å². The third kappa shape index (κ3) is 7.72. The fraction of sp³-hybridized carbons (Fsp3) is 0.545. The summed E-state index contributed by atoms with van der Waals surface area (Å²) in [6.07, 6.45) is 6.86. The zero-order valence-corrected chi connectivity index (χ0v) is 17.7. The summed E-state index contributed by atoms with van der Waals surface area (Å²) in [5.74, 6) is 1.37. The minimum atomic E-state index is 0.281. The second-order valence-corrected chi connectivity index (χ2v) is 7.20. The maximum atomic E-state index is 5.82. The second-order valence-electron chi connectivity index (χ2n) is 7.20. The highest BCUT2D eigenvalue weighted by Crippen LogP contribution is 2.10. The molecule has 6 nitrogen and oxygen atoms in total. The van der Waals surface area contributed by atoms with E-state index in [2.05, 4.69) is 72.1 Å². The molecule has 0 saturated carbocycles. The maximum Gasteiger partial charge on any atom is 0.191 e. The van der Waals surface area contributed by atoms with Gasteiger partial charge in [-0.3, -0.25) is 0 Å². The molecule has 0 aliphatic rings. The van der Waals surface area contributed by atoms with Crippen molar-refractivity contribution in [3.8, 4) is 0 Å². The highest BCUT2D eigenvalue weighted by Gasteiger charge is 2.12. The molecule has 1 unspecified atom stereocenters. The summed E-state index contributed by atoms with van der Waals surface area (Å²) in [4.78, 5) is 8.80. The Balaban J connectivity index is 1.85. The van der Waals surface area contributed by atoms with Gasteiger partial charge in [-0.05, 0) is 37.3 Å². The Labute approximate surface area is 169 Å². The molecule has 154 valence electrons. The standard InChI is InChI=1S/C22H35N5O/c1-5-24-22(25-12-11-21(18(3)4)28-6-2)26-15-19-7-9-20(10-8-19)16-27-14-13-23-17-27/h7-10,13-14,17-18,21H,5-6,11-12,15-16H2,1-4H3,(H2,24,25,26). The van der Waals surface area contributed by atoms with E-state index in [4.69, 9.17) is 9.73 Å². The SMILES string of the molecule is CCNC(=NCc1ccc(Cn2ccnc2)cc1)NCCC(OCC)C(C)C. The fourth-order valence-electron chi connectivity index (χ4n) is 3.01. The van der Waals surface area contributed by atoms with Crippen molar-refractivity contribution >= 4 is 5.96 Å². The smallest absolute Gasteiger partial charge is 0.191 e. The third-order valence-corrected chi connectivity index (χ3v) is 4.56. The van der Waals surface area contributed by atoms with E-state index >= 15 is 0 Å². The van der Waals surface area contributed by atoms with Gasteiger partial charge in [0.15, 0.2) is 5.96 Å². The summed E-state index contributed by atoms with van der Waals surface area (Å²) >= 11 is 0. The van der Waals surface area contributed by atoms with Crippen molar-refractivity contribution in [2.45, 2.75) is 53.3 Å². The molecule has 0 saturated heterocycles. The molecule has 28 heavy (non-hydrogen) atoms. The van der Waals surface area contributed by atoms with Crippen LogP contribution >= 0.6 is 0 Å². The van der Waals surface area contributed by atoms with Crippen LogP contribution in [-0.4, -0.2) is 41.3 Å². The summed E-state index contributed by atoms with van der Waals surface area (Å²) in [6.45, 7) is 12.5. The lowest BCUT2D eigenvalue weighted by molar-refractivity contribution is 0.0258. The third-order valence-electron chi connectivity index (χ3n) is 4.56. The number of guanidine groups is 1. The number of benzene rings is 1. The summed E-state index contributed by atoms with van der Waals surface area (Å²) in [5.41, 5.74) is 2.45. The molecule has 0 bridgehead atoms. The number of aromatic nitrogens is 2. The van der Waals surface area contributed by atoms with Crippen LogP contribution in [0.3, 0.4) is 0 Å². The number of hydrogen-bond donors (Lipinski definition) is 2. The lowest BCUT2D eigenvalue weighted by atomic mass is 10.0. The van der Waals surface area contributed by atoms with Gasteiger partial charge in [-0.15, -0.1) is 0 Å². The number of rotatable bonds is 11. The Kier molecular flexibility index (Phi) is 9.55. The Morgan fingerprint density at radius 2 is 1.89 bits per heavy atom. The van der Waals surface area contributed by atoms with Crippen molar-refractivity contribution in [2.24, 2.45) is 10.9 Å². The van der Waals surface area contributed by atoms with Crippen LogP contribution in [0.1, 0.15) is 45.2 Å². The molecule has 0 aliphatic carbocycles. The number of nitrogens with zero attached hydrogens (tertiary/aromatic N) is 3.